The number of rotatable bonds is 6. The Kier molecular flexibility index (Phi) is 5.88. The highest BCUT2D eigenvalue weighted by Crippen LogP contribution is 2.37. The van der Waals surface area contributed by atoms with Gasteiger partial charge in [0.05, 0.1) is 6.61 Å². The minimum absolute atomic E-state index is 0.227. The topological polar surface area (TPSA) is 21.3 Å². The van der Waals surface area contributed by atoms with Crippen LogP contribution in [0.25, 0.3) is 0 Å². The van der Waals surface area contributed by atoms with E-state index in [9.17, 15) is 8.78 Å². The monoisotopic (exact) mass is 307 g/mol. The summed E-state index contributed by atoms with van der Waals surface area (Å²) in [5, 5.41) is 4.06. The Labute approximate surface area is 120 Å². The van der Waals surface area contributed by atoms with Crippen LogP contribution < -0.4 is 5.32 Å². The van der Waals surface area contributed by atoms with Gasteiger partial charge in [-0.15, -0.1) is 11.8 Å². The van der Waals surface area contributed by atoms with Gasteiger partial charge in [-0.1, -0.05) is 11.6 Å². The predicted octanol–water partition coefficient (Wildman–Crippen LogP) is 3.75. The molecule has 2 nitrogen and oxygen atoms in total. The van der Waals surface area contributed by atoms with Crippen LogP contribution in [-0.4, -0.2) is 31.9 Å². The van der Waals surface area contributed by atoms with Crippen molar-refractivity contribution in [1.29, 1.82) is 0 Å². The average Bonchev–Trinajstić information content (AvgIpc) is 2.38. The van der Waals surface area contributed by atoms with Crippen molar-refractivity contribution in [2.24, 2.45) is 0 Å². The van der Waals surface area contributed by atoms with Crippen LogP contribution in [0, 0.1) is 0 Å². The van der Waals surface area contributed by atoms with E-state index in [0.29, 0.717) is 13.2 Å². The molecule has 1 aromatic rings. The van der Waals surface area contributed by atoms with E-state index >= 15 is 0 Å². The average molecular weight is 308 g/mol. The summed E-state index contributed by atoms with van der Waals surface area (Å²) in [4.78, 5) is 1.24. The fraction of sp³-hybridized carbons (Fsp3) is 0.538. The van der Waals surface area contributed by atoms with E-state index in [-0.39, 0.29) is 6.04 Å². The summed E-state index contributed by atoms with van der Waals surface area (Å²) < 4.78 is 28.6. The highest BCUT2D eigenvalue weighted by molar-refractivity contribution is 7.99. The molecule has 0 aromatic heterocycles. The van der Waals surface area contributed by atoms with E-state index in [1.165, 1.54) is 10.5 Å². The summed E-state index contributed by atoms with van der Waals surface area (Å²) in [6.45, 7) is 0.364. The molecule has 1 unspecified atom stereocenters. The second-order valence-electron chi connectivity index (χ2n) is 4.29. The number of ether oxygens (including phenoxy) is 1. The van der Waals surface area contributed by atoms with E-state index in [0.717, 1.165) is 17.2 Å². The number of hydrogen-bond donors (Lipinski definition) is 1. The normalized spacial score (nSPS) is 18.6. The first-order valence-corrected chi connectivity index (χ1v) is 7.54. The fourth-order valence-corrected chi connectivity index (χ4v) is 3.34. The molecule has 1 heterocycles. The number of nitrogens with one attached hydrogen (secondary N) is 1. The Bertz CT molecular complexity index is 420. The van der Waals surface area contributed by atoms with Crippen molar-refractivity contribution in [3.8, 4) is 0 Å². The lowest BCUT2D eigenvalue weighted by Gasteiger charge is -2.26. The van der Waals surface area contributed by atoms with Gasteiger partial charge in [0.2, 0.25) is 0 Å². The lowest BCUT2D eigenvalue weighted by atomic mass is 10.0. The second-order valence-corrected chi connectivity index (χ2v) is 5.87. The molecule has 0 spiro atoms. The van der Waals surface area contributed by atoms with Gasteiger partial charge in [0.25, 0.3) is 6.43 Å². The molecule has 0 bridgehead atoms. The number of hydrogen-bond acceptors (Lipinski definition) is 3. The number of benzene rings is 1. The molecule has 0 saturated heterocycles. The van der Waals surface area contributed by atoms with Crippen molar-refractivity contribution in [1.82, 2.24) is 5.32 Å². The molecule has 106 valence electrons. The fourth-order valence-electron chi connectivity index (χ4n) is 2.06. The zero-order chi connectivity index (χ0) is 13.7. The second kappa shape index (κ2) is 7.43. The minimum Gasteiger partial charge on any atom is -0.374 e. The molecule has 2 rings (SSSR count). The molecule has 1 aliphatic heterocycles. The van der Waals surface area contributed by atoms with Gasteiger partial charge in [0.15, 0.2) is 0 Å². The van der Waals surface area contributed by atoms with Crippen LogP contribution in [0.2, 0.25) is 5.02 Å². The first-order chi connectivity index (χ1) is 9.16. The number of thioether (sulfide) groups is 1. The Morgan fingerprint density at radius 2 is 2.32 bits per heavy atom. The highest BCUT2D eigenvalue weighted by Gasteiger charge is 2.20. The maximum absolute atomic E-state index is 11.9. The van der Waals surface area contributed by atoms with Crippen molar-refractivity contribution in [2.75, 3.05) is 25.5 Å². The molecule has 19 heavy (non-hydrogen) atoms. The van der Waals surface area contributed by atoms with E-state index in [1.807, 2.05) is 30.0 Å². The van der Waals surface area contributed by atoms with Gasteiger partial charge in [-0.2, -0.15) is 0 Å². The van der Waals surface area contributed by atoms with Crippen LogP contribution in [0.5, 0.6) is 0 Å². The standard InChI is InChI=1S/C13H16ClF2NOS/c14-9-1-2-12-10(7-9)11(3-6-19-12)17-4-5-18-8-13(15)16/h1-2,7,11,13,17H,3-6,8H2. The zero-order valence-corrected chi connectivity index (χ0v) is 11.9. The van der Waals surface area contributed by atoms with Crippen molar-refractivity contribution in [3.63, 3.8) is 0 Å². The Morgan fingerprint density at radius 1 is 1.47 bits per heavy atom. The molecule has 6 heteroatoms. The Hall–Kier alpha value is -0.360. The molecule has 0 radical (unpaired) electrons. The zero-order valence-electron chi connectivity index (χ0n) is 10.4. The summed E-state index contributed by atoms with van der Waals surface area (Å²) in [7, 11) is 0. The molecule has 0 saturated carbocycles. The van der Waals surface area contributed by atoms with E-state index < -0.39 is 13.0 Å². The van der Waals surface area contributed by atoms with Gasteiger partial charge in [-0.05, 0) is 35.9 Å². The molecule has 1 atom stereocenters. The SMILES string of the molecule is FC(F)COCCNC1CCSc2ccc(Cl)cc21. The summed E-state index contributed by atoms with van der Waals surface area (Å²) in [6, 6.07) is 6.12. The smallest absolute Gasteiger partial charge is 0.261 e. The third-order valence-electron chi connectivity index (χ3n) is 2.89. The molecule has 1 aromatic carbocycles. The maximum Gasteiger partial charge on any atom is 0.261 e. The molecule has 1 aliphatic rings. The van der Waals surface area contributed by atoms with Gasteiger partial charge in [0, 0.05) is 22.5 Å². The molecular weight excluding hydrogens is 292 g/mol. The number of fused-ring (bicyclic) bond motifs is 1. The first kappa shape index (κ1) is 15.0. The minimum atomic E-state index is -2.40. The van der Waals surface area contributed by atoms with Gasteiger partial charge >= 0.3 is 0 Å². The first-order valence-electron chi connectivity index (χ1n) is 6.18. The van der Waals surface area contributed by atoms with Crippen molar-refractivity contribution < 1.29 is 13.5 Å². The molecule has 0 fully saturated rings. The lowest BCUT2D eigenvalue weighted by molar-refractivity contribution is 0.0181. The summed E-state index contributed by atoms with van der Waals surface area (Å²) in [5.74, 6) is 1.05. The molecular formula is C13H16ClF2NOS. The molecule has 1 N–H and O–H groups in total. The molecule has 0 amide bonds. The van der Waals surface area contributed by atoms with Gasteiger partial charge in [-0.25, -0.2) is 8.78 Å². The van der Waals surface area contributed by atoms with Crippen LogP contribution in [0.3, 0.4) is 0 Å². The number of halogens is 3. The van der Waals surface area contributed by atoms with Crippen LogP contribution >= 0.6 is 23.4 Å². The number of alkyl halides is 2. The van der Waals surface area contributed by atoms with Crippen LogP contribution in [-0.2, 0) is 4.74 Å². The van der Waals surface area contributed by atoms with E-state index in [4.69, 9.17) is 16.3 Å². The van der Waals surface area contributed by atoms with Crippen LogP contribution in [0.15, 0.2) is 23.1 Å². The van der Waals surface area contributed by atoms with E-state index in [1.54, 1.807) is 0 Å². The Morgan fingerprint density at radius 3 is 3.11 bits per heavy atom. The van der Waals surface area contributed by atoms with Gasteiger partial charge < -0.3 is 10.1 Å². The van der Waals surface area contributed by atoms with Crippen molar-refractivity contribution in [3.05, 3.63) is 28.8 Å². The van der Waals surface area contributed by atoms with Crippen molar-refractivity contribution in [2.45, 2.75) is 23.8 Å². The van der Waals surface area contributed by atoms with Crippen LogP contribution in [0.4, 0.5) is 8.78 Å². The van der Waals surface area contributed by atoms with Crippen molar-refractivity contribution >= 4 is 23.4 Å². The quantitative estimate of drug-likeness (QED) is 0.809. The van der Waals surface area contributed by atoms with Crippen LogP contribution in [0.1, 0.15) is 18.0 Å². The maximum atomic E-state index is 11.9. The van der Waals surface area contributed by atoms with Gasteiger partial charge in [-0.3, -0.25) is 0 Å². The third kappa shape index (κ3) is 4.60. The van der Waals surface area contributed by atoms with Gasteiger partial charge in [0.1, 0.15) is 6.61 Å². The highest BCUT2D eigenvalue weighted by atomic mass is 35.5. The predicted molar refractivity (Wildman–Crippen MR) is 74.4 cm³/mol. The summed E-state index contributed by atoms with van der Waals surface area (Å²) >= 11 is 7.84. The summed E-state index contributed by atoms with van der Waals surface area (Å²) in [5.41, 5.74) is 1.19. The lowest BCUT2D eigenvalue weighted by Crippen LogP contribution is -2.28. The third-order valence-corrected chi connectivity index (χ3v) is 4.25. The Balaban J connectivity index is 1.84. The van der Waals surface area contributed by atoms with E-state index in [2.05, 4.69) is 5.32 Å². The summed E-state index contributed by atoms with van der Waals surface area (Å²) in [6.07, 6.45) is -1.39. The molecule has 0 aliphatic carbocycles. The largest absolute Gasteiger partial charge is 0.374 e.